The number of carboxylic acid groups (broad SMARTS) is 1. The molecule has 1 atom stereocenters. The van der Waals surface area contributed by atoms with E-state index in [2.05, 4.69) is 25.7 Å². The Kier molecular flexibility index (Phi) is 13.2. The molecule has 1 fully saturated rings. The van der Waals surface area contributed by atoms with Crippen molar-refractivity contribution in [3.8, 4) is 0 Å². The van der Waals surface area contributed by atoms with Crippen molar-refractivity contribution in [2.45, 2.75) is 58.1 Å². The average molecular weight is 308 g/mol. The van der Waals surface area contributed by atoms with Crippen LogP contribution in [0.15, 0.2) is 0 Å². The van der Waals surface area contributed by atoms with Gasteiger partial charge < -0.3 is 10.0 Å². The molecule has 0 radical (unpaired) electrons. The fourth-order valence-electron chi connectivity index (χ4n) is 1.88. The summed E-state index contributed by atoms with van der Waals surface area (Å²) >= 11 is 0. The van der Waals surface area contributed by atoms with E-state index in [1.807, 2.05) is 21.6 Å². The molecule has 0 aliphatic carbocycles. The molecule has 0 aromatic heterocycles. The zero-order valence-electron chi connectivity index (χ0n) is 12.6. The normalized spacial score (nSPS) is 18.2. The largest absolute Gasteiger partial charge is 0.481 e. The minimum absolute atomic E-state index is 0.338. The van der Waals surface area contributed by atoms with E-state index in [0.29, 0.717) is 6.42 Å². The van der Waals surface area contributed by atoms with Crippen molar-refractivity contribution in [2.75, 3.05) is 25.4 Å². The van der Waals surface area contributed by atoms with Gasteiger partial charge in [-0.15, -0.1) is 0 Å². The highest BCUT2D eigenvalue weighted by Gasteiger charge is 2.15. The number of hydrogen-bond acceptors (Lipinski definition) is 4. The van der Waals surface area contributed by atoms with Crippen LogP contribution < -0.4 is 0 Å². The Hall–Kier alpha value is 0.130. The lowest BCUT2D eigenvalue weighted by Gasteiger charge is -2.13. The quantitative estimate of drug-likeness (QED) is 0.539. The lowest BCUT2D eigenvalue weighted by atomic mass is 10.1. The number of unbranched alkanes of at least 4 members (excludes halogenated alkanes) is 1. The summed E-state index contributed by atoms with van der Waals surface area (Å²) in [6, 6.07) is 0. The van der Waals surface area contributed by atoms with Gasteiger partial charge in [0.2, 0.25) is 0 Å². The summed E-state index contributed by atoms with van der Waals surface area (Å²) in [5, 5.41) is 9.19. The minimum Gasteiger partial charge on any atom is -0.481 e. The van der Waals surface area contributed by atoms with Gasteiger partial charge in [-0.25, -0.2) is 0 Å². The SMILES string of the molecule is CCN(CC)CC.O=C(O)CCCC[C@H]1CCSS1. The van der Waals surface area contributed by atoms with E-state index in [-0.39, 0.29) is 0 Å². The molecule has 5 heteroatoms. The minimum atomic E-state index is -0.663. The lowest BCUT2D eigenvalue weighted by Crippen LogP contribution is -2.21. The summed E-state index contributed by atoms with van der Waals surface area (Å²) in [7, 11) is 3.92. The molecule has 1 N–H and O–H groups in total. The molecule has 1 aliphatic rings. The molecule has 1 heterocycles. The molecular formula is C14H29NO2S2. The van der Waals surface area contributed by atoms with E-state index in [4.69, 9.17) is 5.11 Å². The molecule has 0 aromatic carbocycles. The van der Waals surface area contributed by atoms with Crippen molar-refractivity contribution in [1.29, 1.82) is 0 Å². The third kappa shape index (κ3) is 11.6. The van der Waals surface area contributed by atoms with E-state index in [1.165, 1.54) is 38.2 Å². The number of aliphatic carboxylic acids is 1. The van der Waals surface area contributed by atoms with Crippen molar-refractivity contribution in [2.24, 2.45) is 0 Å². The Morgan fingerprint density at radius 3 is 2.21 bits per heavy atom. The van der Waals surface area contributed by atoms with Crippen LogP contribution in [0.5, 0.6) is 0 Å². The van der Waals surface area contributed by atoms with Crippen LogP contribution in [0.2, 0.25) is 0 Å². The van der Waals surface area contributed by atoms with E-state index in [0.717, 1.165) is 18.1 Å². The van der Waals surface area contributed by atoms with Gasteiger partial charge in [-0.2, -0.15) is 0 Å². The fraction of sp³-hybridized carbons (Fsp3) is 0.929. The summed E-state index contributed by atoms with van der Waals surface area (Å²) in [6.07, 6.45) is 4.76. The number of rotatable bonds is 8. The number of nitrogens with zero attached hydrogens (tertiary/aromatic N) is 1. The molecular weight excluding hydrogens is 278 g/mol. The predicted octanol–water partition coefficient (Wildman–Crippen LogP) is 4.13. The highest BCUT2D eigenvalue weighted by atomic mass is 33.1. The summed E-state index contributed by atoms with van der Waals surface area (Å²) in [5.41, 5.74) is 0. The smallest absolute Gasteiger partial charge is 0.303 e. The first-order valence-corrected chi connectivity index (χ1v) is 9.74. The summed E-state index contributed by atoms with van der Waals surface area (Å²) in [6.45, 7) is 10.1. The second kappa shape index (κ2) is 13.1. The summed E-state index contributed by atoms with van der Waals surface area (Å²) in [4.78, 5) is 12.6. The van der Waals surface area contributed by atoms with Crippen LogP contribution in [0.4, 0.5) is 0 Å². The number of carboxylic acids is 1. The van der Waals surface area contributed by atoms with Gasteiger partial charge in [0.1, 0.15) is 0 Å². The van der Waals surface area contributed by atoms with Crippen LogP contribution >= 0.6 is 21.6 Å². The van der Waals surface area contributed by atoms with Crippen LogP contribution in [0.25, 0.3) is 0 Å². The van der Waals surface area contributed by atoms with Crippen LogP contribution in [0.3, 0.4) is 0 Å². The Balaban J connectivity index is 0.000000399. The first-order valence-electron chi connectivity index (χ1n) is 7.36. The molecule has 0 aromatic rings. The maximum absolute atomic E-state index is 10.2. The lowest BCUT2D eigenvalue weighted by molar-refractivity contribution is -0.137. The Morgan fingerprint density at radius 2 is 1.84 bits per heavy atom. The van der Waals surface area contributed by atoms with Crippen LogP contribution in [-0.2, 0) is 4.79 Å². The summed E-state index contributed by atoms with van der Waals surface area (Å²) in [5.74, 6) is 0.609. The van der Waals surface area contributed by atoms with E-state index in [1.54, 1.807) is 0 Å². The Bertz CT molecular complexity index is 212. The fourth-order valence-corrected chi connectivity index (χ4v) is 4.91. The van der Waals surface area contributed by atoms with Crippen molar-refractivity contribution in [1.82, 2.24) is 4.90 Å². The molecule has 114 valence electrons. The van der Waals surface area contributed by atoms with E-state index in [9.17, 15) is 4.79 Å². The zero-order valence-corrected chi connectivity index (χ0v) is 14.2. The van der Waals surface area contributed by atoms with Crippen molar-refractivity contribution in [3.63, 3.8) is 0 Å². The van der Waals surface area contributed by atoms with Crippen LogP contribution in [0, 0.1) is 0 Å². The Labute approximate surface area is 126 Å². The van der Waals surface area contributed by atoms with Gasteiger partial charge in [0.05, 0.1) is 0 Å². The number of hydrogen-bond donors (Lipinski definition) is 1. The van der Waals surface area contributed by atoms with Crippen molar-refractivity contribution >= 4 is 27.6 Å². The average Bonchev–Trinajstić information content (AvgIpc) is 2.90. The molecule has 0 spiro atoms. The van der Waals surface area contributed by atoms with Gasteiger partial charge in [0, 0.05) is 17.4 Å². The van der Waals surface area contributed by atoms with E-state index < -0.39 is 5.97 Å². The molecule has 1 saturated heterocycles. The first-order chi connectivity index (χ1) is 9.13. The predicted molar refractivity (Wildman–Crippen MR) is 88.0 cm³/mol. The van der Waals surface area contributed by atoms with Crippen molar-refractivity contribution < 1.29 is 9.90 Å². The van der Waals surface area contributed by atoms with Gasteiger partial charge in [-0.3, -0.25) is 4.79 Å². The molecule has 0 amide bonds. The first kappa shape index (κ1) is 19.1. The van der Waals surface area contributed by atoms with Crippen LogP contribution in [0.1, 0.15) is 52.9 Å². The van der Waals surface area contributed by atoms with Gasteiger partial charge in [0.15, 0.2) is 0 Å². The van der Waals surface area contributed by atoms with Gasteiger partial charge in [-0.1, -0.05) is 48.8 Å². The number of carbonyl (C=O) groups is 1. The van der Waals surface area contributed by atoms with Gasteiger partial charge >= 0.3 is 5.97 Å². The highest BCUT2D eigenvalue weighted by Crippen LogP contribution is 2.39. The third-order valence-electron chi connectivity index (χ3n) is 3.24. The standard InChI is InChI=1S/C8H14O2S2.C6H15N/c9-8(10)4-2-1-3-7-5-6-11-12-7;1-4-7(5-2)6-3/h7H,1-6H2,(H,9,10);4-6H2,1-3H3/t7-;/m0./s1. The maximum atomic E-state index is 10.2. The molecule has 0 bridgehead atoms. The maximum Gasteiger partial charge on any atom is 0.303 e. The topological polar surface area (TPSA) is 40.5 Å². The molecule has 19 heavy (non-hydrogen) atoms. The Morgan fingerprint density at radius 1 is 1.21 bits per heavy atom. The molecule has 0 unspecified atom stereocenters. The monoisotopic (exact) mass is 307 g/mol. The van der Waals surface area contributed by atoms with E-state index >= 15 is 0 Å². The highest BCUT2D eigenvalue weighted by molar-refractivity contribution is 8.77. The second-order valence-corrected chi connectivity index (χ2v) is 7.38. The van der Waals surface area contributed by atoms with Gasteiger partial charge in [0.25, 0.3) is 0 Å². The third-order valence-corrected chi connectivity index (χ3v) is 6.24. The second-order valence-electron chi connectivity index (χ2n) is 4.59. The molecule has 1 aliphatic heterocycles. The van der Waals surface area contributed by atoms with Gasteiger partial charge in [-0.05, 0) is 38.9 Å². The van der Waals surface area contributed by atoms with Crippen LogP contribution in [-0.4, -0.2) is 46.6 Å². The van der Waals surface area contributed by atoms with Crippen molar-refractivity contribution in [3.05, 3.63) is 0 Å². The summed E-state index contributed by atoms with van der Waals surface area (Å²) < 4.78 is 0. The molecule has 0 saturated carbocycles. The zero-order chi connectivity index (χ0) is 14.5. The molecule has 1 rings (SSSR count). The molecule has 3 nitrogen and oxygen atoms in total.